The van der Waals surface area contributed by atoms with E-state index in [1.807, 2.05) is 12.1 Å². The van der Waals surface area contributed by atoms with Crippen LogP contribution in [0.1, 0.15) is 35.7 Å². The maximum absolute atomic E-state index is 12.1. The Bertz CT molecular complexity index is 664. The molecule has 21 heavy (non-hydrogen) atoms. The molecular weight excluding hydrogens is 400 g/mol. The van der Waals surface area contributed by atoms with E-state index in [9.17, 15) is 9.90 Å². The van der Waals surface area contributed by atoms with Gasteiger partial charge in [0.2, 0.25) is 0 Å². The number of ether oxygens (including phenoxy) is 1. The van der Waals surface area contributed by atoms with Crippen LogP contribution in [-0.4, -0.2) is 11.1 Å². The molecule has 0 saturated carbocycles. The first kappa shape index (κ1) is 16.0. The lowest BCUT2D eigenvalue weighted by Crippen LogP contribution is -2.09. The van der Waals surface area contributed by atoms with E-state index in [-0.39, 0.29) is 11.3 Å². The summed E-state index contributed by atoms with van der Waals surface area (Å²) >= 11 is 6.47. The van der Waals surface area contributed by atoms with E-state index >= 15 is 0 Å². The first-order valence-corrected chi connectivity index (χ1v) is 7.97. The van der Waals surface area contributed by atoms with Crippen molar-refractivity contribution in [1.82, 2.24) is 0 Å². The van der Waals surface area contributed by atoms with E-state index in [4.69, 9.17) is 4.74 Å². The monoisotopic (exact) mass is 412 g/mol. The Balaban J connectivity index is 2.22. The van der Waals surface area contributed by atoms with Crippen molar-refractivity contribution >= 4 is 37.8 Å². The fraction of sp³-hybridized carbons (Fsp3) is 0.188. The number of hydrogen-bond donors (Lipinski definition) is 1. The van der Waals surface area contributed by atoms with Gasteiger partial charge in [0.25, 0.3) is 0 Å². The summed E-state index contributed by atoms with van der Waals surface area (Å²) < 4.78 is 6.39. The lowest BCUT2D eigenvalue weighted by atomic mass is 10.0. The highest BCUT2D eigenvalue weighted by molar-refractivity contribution is 9.11. The Morgan fingerprint density at radius 3 is 2.33 bits per heavy atom. The van der Waals surface area contributed by atoms with Crippen molar-refractivity contribution in [2.45, 2.75) is 19.8 Å². The zero-order valence-electron chi connectivity index (χ0n) is 11.6. The highest BCUT2D eigenvalue weighted by atomic mass is 79.9. The molecule has 0 saturated heterocycles. The van der Waals surface area contributed by atoms with Gasteiger partial charge in [-0.05, 0) is 51.7 Å². The third-order valence-electron chi connectivity index (χ3n) is 3.01. The second-order valence-corrected chi connectivity index (χ2v) is 6.67. The summed E-state index contributed by atoms with van der Waals surface area (Å²) in [6, 6.07) is 10.5. The first-order valence-electron chi connectivity index (χ1n) is 6.38. The lowest BCUT2D eigenvalue weighted by Gasteiger charge is -2.09. The molecule has 2 rings (SSSR count). The maximum atomic E-state index is 12.1. The summed E-state index contributed by atoms with van der Waals surface area (Å²) in [7, 11) is 0. The predicted octanol–water partition coefficient (Wildman–Crippen LogP) is 5.26. The van der Waals surface area contributed by atoms with E-state index in [2.05, 4.69) is 45.7 Å². The van der Waals surface area contributed by atoms with Gasteiger partial charge < -0.3 is 9.84 Å². The van der Waals surface area contributed by atoms with Gasteiger partial charge in [0.15, 0.2) is 0 Å². The summed E-state index contributed by atoms with van der Waals surface area (Å²) in [6.45, 7) is 4.19. The molecule has 0 aliphatic carbocycles. The number of aromatic hydroxyl groups is 1. The molecule has 0 unspecified atom stereocenters. The van der Waals surface area contributed by atoms with Crippen LogP contribution >= 0.6 is 31.9 Å². The minimum absolute atomic E-state index is 0.101. The van der Waals surface area contributed by atoms with Gasteiger partial charge in [-0.15, -0.1) is 0 Å². The summed E-state index contributed by atoms with van der Waals surface area (Å²) in [6.07, 6.45) is 0. The number of halogens is 2. The smallest absolute Gasteiger partial charge is 0.347 e. The number of carbonyl (C=O) groups excluding carboxylic acids is 1. The highest BCUT2D eigenvalue weighted by Gasteiger charge is 2.17. The summed E-state index contributed by atoms with van der Waals surface area (Å²) in [4.78, 5) is 12.1. The molecule has 0 aliphatic heterocycles. The van der Waals surface area contributed by atoms with Crippen LogP contribution in [0.15, 0.2) is 45.3 Å². The van der Waals surface area contributed by atoms with Crippen LogP contribution in [0.25, 0.3) is 0 Å². The Labute approximate surface area is 140 Å². The van der Waals surface area contributed by atoms with Crippen molar-refractivity contribution in [3.05, 3.63) is 56.5 Å². The van der Waals surface area contributed by atoms with E-state index in [0.717, 1.165) is 0 Å². The van der Waals surface area contributed by atoms with E-state index < -0.39 is 5.97 Å². The van der Waals surface area contributed by atoms with Crippen molar-refractivity contribution in [3.63, 3.8) is 0 Å². The van der Waals surface area contributed by atoms with E-state index in [0.29, 0.717) is 20.6 Å². The average molecular weight is 414 g/mol. The predicted molar refractivity (Wildman–Crippen MR) is 89.0 cm³/mol. The summed E-state index contributed by atoms with van der Waals surface area (Å²) in [5, 5.41) is 9.92. The SMILES string of the molecule is CC(C)c1ccc(OC(=O)c2cc(Br)cc(Br)c2O)cc1. The van der Waals surface area contributed by atoms with Gasteiger partial charge in [0, 0.05) is 4.47 Å². The first-order chi connectivity index (χ1) is 9.88. The molecule has 0 spiro atoms. The van der Waals surface area contributed by atoms with Gasteiger partial charge in [-0.25, -0.2) is 4.79 Å². The molecule has 2 aromatic rings. The number of esters is 1. The molecule has 5 heteroatoms. The molecule has 0 fully saturated rings. The van der Waals surface area contributed by atoms with Crippen LogP contribution < -0.4 is 4.74 Å². The highest BCUT2D eigenvalue weighted by Crippen LogP contribution is 2.32. The minimum atomic E-state index is -0.605. The molecule has 110 valence electrons. The third kappa shape index (κ3) is 3.86. The number of phenolic OH excluding ortho intramolecular Hbond substituents is 1. The van der Waals surface area contributed by atoms with Gasteiger partial charge in [-0.2, -0.15) is 0 Å². The number of carbonyl (C=O) groups is 1. The standard InChI is InChI=1S/C16H14Br2O3/c1-9(2)10-3-5-12(6-4-10)21-16(20)13-7-11(17)8-14(18)15(13)19/h3-9,19H,1-2H3. The van der Waals surface area contributed by atoms with Gasteiger partial charge in [0.1, 0.15) is 17.1 Å². The van der Waals surface area contributed by atoms with Crippen LogP contribution in [0, 0.1) is 0 Å². The fourth-order valence-corrected chi connectivity index (χ4v) is 3.03. The van der Waals surface area contributed by atoms with Gasteiger partial charge in [0.05, 0.1) is 4.47 Å². The zero-order valence-corrected chi connectivity index (χ0v) is 14.7. The molecule has 0 atom stereocenters. The number of benzene rings is 2. The quantitative estimate of drug-likeness (QED) is 0.551. The van der Waals surface area contributed by atoms with E-state index in [1.165, 1.54) is 11.6 Å². The Hall–Kier alpha value is -1.33. The van der Waals surface area contributed by atoms with Crippen molar-refractivity contribution in [2.75, 3.05) is 0 Å². The van der Waals surface area contributed by atoms with Crippen molar-refractivity contribution in [1.29, 1.82) is 0 Å². The molecule has 0 radical (unpaired) electrons. The van der Waals surface area contributed by atoms with Crippen LogP contribution in [-0.2, 0) is 0 Å². The third-order valence-corrected chi connectivity index (χ3v) is 4.07. The number of hydrogen-bond acceptors (Lipinski definition) is 3. The minimum Gasteiger partial charge on any atom is -0.506 e. The Kier molecular flexibility index (Phi) is 5.06. The Morgan fingerprint density at radius 1 is 1.14 bits per heavy atom. The Morgan fingerprint density at radius 2 is 1.76 bits per heavy atom. The largest absolute Gasteiger partial charge is 0.506 e. The fourth-order valence-electron chi connectivity index (χ4n) is 1.80. The number of rotatable bonds is 3. The maximum Gasteiger partial charge on any atom is 0.347 e. The number of phenols is 1. The lowest BCUT2D eigenvalue weighted by molar-refractivity contribution is 0.0731. The summed E-state index contributed by atoms with van der Waals surface area (Å²) in [5.41, 5.74) is 1.27. The molecule has 1 N–H and O–H groups in total. The molecule has 0 aliphatic rings. The molecular formula is C16H14Br2O3. The van der Waals surface area contributed by atoms with Gasteiger partial charge in [-0.1, -0.05) is 41.9 Å². The second-order valence-electron chi connectivity index (χ2n) is 4.90. The van der Waals surface area contributed by atoms with Crippen molar-refractivity contribution in [3.8, 4) is 11.5 Å². The van der Waals surface area contributed by atoms with Crippen LogP contribution in [0.5, 0.6) is 11.5 Å². The van der Waals surface area contributed by atoms with Crippen LogP contribution in [0.4, 0.5) is 0 Å². The van der Waals surface area contributed by atoms with Gasteiger partial charge in [-0.3, -0.25) is 0 Å². The summed E-state index contributed by atoms with van der Waals surface area (Å²) in [5.74, 6) is 0.119. The second kappa shape index (κ2) is 6.62. The van der Waals surface area contributed by atoms with Crippen molar-refractivity contribution < 1.29 is 14.6 Å². The molecule has 3 nitrogen and oxygen atoms in total. The van der Waals surface area contributed by atoms with Gasteiger partial charge >= 0.3 is 5.97 Å². The zero-order chi connectivity index (χ0) is 15.6. The van der Waals surface area contributed by atoms with E-state index in [1.54, 1.807) is 18.2 Å². The van der Waals surface area contributed by atoms with Crippen LogP contribution in [0.3, 0.4) is 0 Å². The topological polar surface area (TPSA) is 46.5 Å². The van der Waals surface area contributed by atoms with Crippen molar-refractivity contribution in [2.24, 2.45) is 0 Å². The molecule has 2 aromatic carbocycles. The van der Waals surface area contributed by atoms with Crippen LogP contribution in [0.2, 0.25) is 0 Å². The molecule has 0 heterocycles. The molecule has 0 amide bonds. The normalized spacial score (nSPS) is 10.7. The molecule has 0 bridgehead atoms. The average Bonchev–Trinajstić information content (AvgIpc) is 2.43. The molecule has 0 aromatic heterocycles.